The molecule has 0 heterocycles. The van der Waals surface area contributed by atoms with Crippen LogP contribution in [0.2, 0.25) is 0 Å². The second-order valence-electron chi connectivity index (χ2n) is 12.2. The Morgan fingerprint density at radius 1 is 0.878 bits per heavy atom. The average molecular weight is 575 g/mol. The first-order chi connectivity index (χ1) is 19.4. The molecule has 6 N–H and O–H groups in total. The molecule has 232 valence electrons. The molecule has 7 atom stereocenters. The molecule has 0 radical (unpaired) electrons. The second-order valence-corrected chi connectivity index (χ2v) is 12.2. The molecule has 1 aliphatic carbocycles. The molecule has 5 unspecified atom stereocenters. The average Bonchev–Trinajstić information content (AvgIpc) is 2.94. The topological polar surface area (TPSA) is 140 Å². The maximum atomic E-state index is 13.5. The Morgan fingerprint density at radius 3 is 2.02 bits per heavy atom. The fourth-order valence-electron chi connectivity index (χ4n) is 5.78. The van der Waals surface area contributed by atoms with Gasteiger partial charge < -0.3 is 26.2 Å². The van der Waals surface area contributed by atoms with Crippen LogP contribution >= 0.6 is 0 Å². The fraction of sp³-hybridized carbons (Fsp3) is 0.719. The van der Waals surface area contributed by atoms with E-state index in [9.17, 15) is 24.6 Å². The van der Waals surface area contributed by atoms with E-state index in [0.717, 1.165) is 44.1 Å². The smallest absolute Gasteiger partial charge is 0.243 e. The molecular weight excluding hydrogens is 520 g/mol. The van der Waals surface area contributed by atoms with Crippen molar-refractivity contribution in [1.82, 2.24) is 21.3 Å². The van der Waals surface area contributed by atoms with E-state index in [2.05, 4.69) is 21.3 Å². The molecule has 1 saturated carbocycles. The monoisotopic (exact) mass is 574 g/mol. The summed E-state index contributed by atoms with van der Waals surface area (Å²) in [5.41, 5.74) is 0.974. The molecule has 9 nitrogen and oxygen atoms in total. The maximum absolute atomic E-state index is 13.5. The van der Waals surface area contributed by atoms with Crippen molar-refractivity contribution in [2.24, 2.45) is 17.8 Å². The van der Waals surface area contributed by atoms with E-state index in [1.165, 1.54) is 6.92 Å². The van der Waals surface area contributed by atoms with Gasteiger partial charge in [0, 0.05) is 13.0 Å². The summed E-state index contributed by atoms with van der Waals surface area (Å²) in [6.45, 7) is 10.7. The van der Waals surface area contributed by atoms with Gasteiger partial charge >= 0.3 is 0 Å². The van der Waals surface area contributed by atoms with Crippen LogP contribution in [0.4, 0.5) is 0 Å². The van der Waals surface area contributed by atoms with Crippen LogP contribution in [0, 0.1) is 17.8 Å². The lowest BCUT2D eigenvalue weighted by atomic mass is 9.80. The summed E-state index contributed by atoms with van der Waals surface area (Å²) in [5.74, 6) is -0.708. The lowest BCUT2D eigenvalue weighted by Crippen LogP contribution is -2.57. The molecule has 0 aliphatic heterocycles. The van der Waals surface area contributed by atoms with Gasteiger partial charge in [0.15, 0.2) is 0 Å². The normalized spacial score (nSPS) is 19.3. The quantitative estimate of drug-likeness (QED) is 0.168. The summed E-state index contributed by atoms with van der Waals surface area (Å²) in [6.07, 6.45) is 4.82. The Balaban J connectivity index is 2.31. The van der Waals surface area contributed by atoms with Crippen molar-refractivity contribution in [2.45, 2.75) is 129 Å². The molecule has 41 heavy (non-hydrogen) atoms. The molecule has 0 bridgehead atoms. The third-order valence-corrected chi connectivity index (χ3v) is 8.36. The van der Waals surface area contributed by atoms with Crippen LogP contribution < -0.4 is 21.3 Å². The maximum Gasteiger partial charge on any atom is 0.243 e. The fourth-order valence-corrected chi connectivity index (χ4v) is 5.78. The van der Waals surface area contributed by atoms with Gasteiger partial charge in [-0.3, -0.25) is 19.7 Å². The molecule has 3 amide bonds. The Morgan fingerprint density at radius 2 is 1.49 bits per heavy atom. The number of carbonyl (C=O) groups is 3. The van der Waals surface area contributed by atoms with Gasteiger partial charge in [0.2, 0.25) is 17.7 Å². The van der Waals surface area contributed by atoms with Crippen LogP contribution in [0.5, 0.6) is 0 Å². The molecule has 0 aromatic heterocycles. The minimum atomic E-state index is -0.937. The van der Waals surface area contributed by atoms with Gasteiger partial charge in [-0.05, 0) is 55.9 Å². The summed E-state index contributed by atoms with van der Waals surface area (Å²) < 4.78 is 0. The van der Waals surface area contributed by atoms with Gasteiger partial charge in [0.05, 0.1) is 18.2 Å². The third-order valence-electron chi connectivity index (χ3n) is 8.36. The van der Waals surface area contributed by atoms with Crippen LogP contribution in [0.25, 0.3) is 0 Å². The Bertz CT molecular complexity index is 935. The van der Waals surface area contributed by atoms with Gasteiger partial charge in [0.25, 0.3) is 0 Å². The summed E-state index contributed by atoms with van der Waals surface area (Å²) in [6, 6.07) is 7.50. The zero-order valence-electron chi connectivity index (χ0n) is 25.9. The van der Waals surface area contributed by atoms with Crippen molar-refractivity contribution in [3.8, 4) is 0 Å². The van der Waals surface area contributed by atoms with E-state index in [-0.39, 0.29) is 47.9 Å². The van der Waals surface area contributed by atoms with Crippen molar-refractivity contribution in [1.29, 1.82) is 0 Å². The highest BCUT2D eigenvalue weighted by Crippen LogP contribution is 2.29. The number of nitrogens with one attached hydrogen (secondary N) is 4. The molecule has 1 aromatic rings. The molecule has 9 heteroatoms. The first kappa shape index (κ1) is 34.7. The minimum absolute atomic E-state index is 0.0460. The van der Waals surface area contributed by atoms with E-state index in [1.54, 1.807) is 6.92 Å². The minimum Gasteiger partial charge on any atom is -0.391 e. The van der Waals surface area contributed by atoms with Gasteiger partial charge in [0.1, 0.15) is 12.3 Å². The number of hydrogen-bond acceptors (Lipinski definition) is 6. The molecule has 2 rings (SSSR count). The number of carbonyl (C=O) groups excluding carboxylic acids is 3. The molecule has 0 spiro atoms. The van der Waals surface area contributed by atoms with Gasteiger partial charge in [-0.25, -0.2) is 0 Å². The zero-order chi connectivity index (χ0) is 30.5. The zero-order valence-corrected chi connectivity index (χ0v) is 25.9. The highest BCUT2D eigenvalue weighted by molar-refractivity contribution is 5.87. The van der Waals surface area contributed by atoms with Crippen molar-refractivity contribution in [3.63, 3.8) is 0 Å². The third kappa shape index (κ3) is 11.7. The van der Waals surface area contributed by atoms with Crippen LogP contribution in [-0.4, -0.2) is 64.4 Å². The molecule has 1 aromatic carbocycles. The van der Waals surface area contributed by atoms with Gasteiger partial charge in [-0.15, -0.1) is 0 Å². The van der Waals surface area contributed by atoms with Crippen LogP contribution in [0.3, 0.4) is 0 Å². The SMILES string of the molecule is CCC(C)[C@H](NC(C)=O)C(=O)NC(C[C@H](O)C(Cc1ccccc1)NC(=O)C(NC(C)O)C(C)C)C1CCCCC1. The first-order valence-electron chi connectivity index (χ1n) is 15.5. The van der Waals surface area contributed by atoms with E-state index in [4.69, 9.17) is 0 Å². The summed E-state index contributed by atoms with van der Waals surface area (Å²) in [7, 11) is 0. The highest BCUT2D eigenvalue weighted by atomic mass is 16.3. The van der Waals surface area contributed by atoms with E-state index in [1.807, 2.05) is 58.0 Å². The first-order valence-corrected chi connectivity index (χ1v) is 15.5. The van der Waals surface area contributed by atoms with Gasteiger partial charge in [-0.1, -0.05) is 83.7 Å². The van der Waals surface area contributed by atoms with Gasteiger partial charge in [-0.2, -0.15) is 0 Å². The summed E-state index contributed by atoms with van der Waals surface area (Å²) >= 11 is 0. The van der Waals surface area contributed by atoms with E-state index < -0.39 is 30.5 Å². The van der Waals surface area contributed by atoms with E-state index in [0.29, 0.717) is 6.42 Å². The predicted molar refractivity (Wildman–Crippen MR) is 162 cm³/mol. The highest BCUT2D eigenvalue weighted by Gasteiger charge is 2.35. The number of rotatable bonds is 16. The Hall–Kier alpha value is -2.49. The lowest BCUT2D eigenvalue weighted by Gasteiger charge is -2.36. The molecule has 0 saturated heterocycles. The Labute approximate surface area is 246 Å². The van der Waals surface area contributed by atoms with Crippen molar-refractivity contribution in [3.05, 3.63) is 35.9 Å². The predicted octanol–water partition coefficient (Wildman–Crippen LogP) is 3.03. The summed E-state index contributed by atoms with van der Waals surface area (Å²) in [5, 5.41) is 33.6. The molecule has 1 aliphatic rings. The number of aliphatic hydroxyl groups excluding tert-OH is 2. The molecule has 1 fully saturated rings. The van der Waals surface area contributed by atoms with E-state index >= 15 is 0 Å². The lowest BCUT2D eigenvalue weighted by molar-refractivity contribution is -0.130. The number of amides is 3. The largest absolute Gasteiger partial charge is 0.391 e. The van der Waals surface area contributed by atoms with Crippen LogP contribution in [0.1, 0.15) is 92.1 Å². The van der Waals surface area contributed by atoms with Crippen molar-refractivity contribution >= 4 is 17.7 Å². The van der Waals surface area contributed by atoms with Crippen molar-refractivity contribution < 1.29 is 24.6 Å². The Kier molecular flexibility index (Phi) is 14.8. The van der Waals surface area contributed by atoms with Crippen LogP contribution in [0.15, 0.2) is 30.3 Å². The number of benzene rings is 1. The molecular formula is C32H54N4O5. The summed E-state index contributed by atoms with van der Waals surface area (Å²) in [4.78, 5) is 38.8. The van der Waals surface area contributed by atoms with Crippen LogP contribution in [-0.2, 0) is 20.8 Å². The number of hydrogen-bond donors (Lipinski definition) is 6. The second kappa shape index (κ2) is 17.5. The number of aliphatic hydroxyl groups is 2. The van der Waals surface area contributed by atoms with Crippen molar-refractivity contribution in [2.75, 3.05) is 0 Å². The standard InChI is InChI=1S/C32H54N4O5/c1-7-21(4)30(34-23(6)38)32(41)35-26(25-16-12-9-13-17-25)19-28(39)27(18-24-14-10-8-11-15-24)36-31(40)29(20(2)3)33-22(5)37/h8,10-11,14-15,20-22,25-30,33,37,39H,7,9,12-13,16-19H2,1-6H3,(H,34,38)(H,35,41)(H,36,40)/t21?,22?,26?,27?,28-,29?,30-/m0/s1.